The second-order valence-electron chi connectivity index (χ2n) is 7.53. The molecular formula is C25H24N4O3. The lowest BCUT2D eigenvalue weighted by Crippen LogP contribution is -2.36. The molecule has 7 heteroatoms. The molecule has 0 fully saturated rings. The fraction of sp³-hybridized carbons (Fsp3) is 0.160. The summed E-state index contributed by atoms with van der Waals surface area (Å²) in [5, 5.41) is 10.1. The summed E-state index contributed by atoms with van der Waals surface area (Å²) in [4.78, 5) is 25.2. The molecule has 4 rings (SSSR count). The zero-order valence-electron chi connectivity index (χ0n) is 18.0. The molecule has 2 aromatic heterocycles. The molecule has 2 heterocycles. The summed E-state index contributed by atoms with van der Waals surface area (Å²) < 4.78 is 6.88. The number of para-hydroxylation sites is 1. The van der Waals surface area contributed by atoms with Gasteiger partial charge in [-0.15, -0.1) is 0 Å². The van der Waals surface area contributed by atoms with Gasteiger partial charge in [-0.05, 0) is 43.7 Å². The first-order chi connectivity index (χ1) is 15.5. The molecular weight excluding hydrogens is 404 g/mol. The van der Waals surface area contributed by atoms with Crippen molar-refractivity contribution in [3.05, 3.63) is 95.6 Å². The van der Waals surface area contributed by atoms with Crippen LogP contribution in [0, 0.1) is 13.8 Å². The smallest absolute Gasteiger partial charge is 0.255 e. The number of carbonyl (C=O) groups is 2. The van der Waals surface area contributed by atoms with Crippen LogP contribution in [-0.4, -0.2) is 28.1 Å². The minimum absolute atomic E-state index is 0.150. The van der Waals surface area contributed by atoms with Crippen molar-refractivity contribution in [2.75, 3.05) is 6.54 Å². The molecule has 0 aliphatic heterocycles. The highest BCUT2D eigenvalue weighted by atomic mass is 16.3. The Morgan fingerprint density at radius 3 is 2.53 bits per heavy atom. The lowest BCUT2D eigenvalue weighted by molar-refractivity contribution is -0.120. The zero-order chi connectivity index (χ0) is 22.5. The van der Waals surface area contributed by atoms with Crippen LogP contribution in [0.2, 0.25) is 0 Å². The van der Waals surface area contributed by atoms with Gasteiger partial charge < -0.3 is 15.1 Å². The van der Waals surface area contributed by atoms with Crippen LogP contribution in [0.25, 0.3) is 16.9 Å². The quantitative estimate of drug-likeness (QED) is 0.469. The van der Waals surface area contributed by atoms with Crippen molar-refractivity contribution < 1.29 is 14.0 Å². The number of nitrogens with one attached hydrogen (secondary N) is 2. The van der Waals surface area contributed by atoms with Gasteiger partial charge in [0.15, 0.2) is 0 Å². The van der Waals surface area contributed by atoms with E-state index in [4.69, 9.17) is 9.52 Å². The van der Waals surface area contributed by atoms with Crippen molar-refractivity contribution in [3.8, 4) is 16.9 Å². The summed E-state index contributed by atoms with van der Waals surface area (Å²) in [5.41, 5.74) is 4.84. The van der Waals surface area contributed by atoms with Crippen molar-refractivity contribution in [1.82, 2.24) is 20.4 Å². The number of benzene rings is 2. The van der Waals surface area contributed by atoms with Gasteiger partial charge in [-0.2, -0.15) is 5.10 Å². The Balaban J connectivity index is 1.56. The van der Waals surface area contributed by atoms with E-state index in [0.717, 1.165) is 22.4 Å². The maximum Gasteiger partial charge on any atom is 0.255 e. The standard InChI is InChI=1S/C25H24N4O3/c1-17-10-11-21(18(2)13-17)24-22(16-29(28-24)19-7-4-3-5-8-19)25(31)27-15-23(30)26-14-20-9-6-12-32-20/h3-13,16H,14-15H2,1-2H3,(H,26,30)(H,27,31). The Labute approximate surface area is 186 Å². The molecule has 7 nitrogen and oxygen atoms in total. The summed E-state index contributed by atoms with van der Waals surface area (Å²) in [5.74, 6) is -0.0282. The van der Waals surface area contributed by atoms with Crippen molar-refractivity contribution in [3.63, 3.8) is 0 Å². The summed E-state index contributed by atoms with van der Waals surface area (Å²) >= 11 is 0. The molecule has 0 bridgehead atoms. The maximum atomic E-state index is 13.0. The van der Waals surface area contributed by atoms with Gasteiger partial charge >= 0.3 is 0 Å². The van der Waals surface area contributed by atoms with Crippen LogP contribution in [0.1, 0.15) is 27.2 Å². The zero-order valence-corrected chi connectivity index (χ0v) is 18.0. The molecule has 162 valence electrons. The molecule has 0 aliphatic rings. The second-order valence-corrected chi connectivity index (χ2v) is 7.53. The number of hydrogen-bond donors (Lipinski definition) is 2. The monoisotopic (exact) mass is 428 g/mol. The molecule has 0 saturated heterocycles. The first kappa shape index (κ1) is 21.1. The Morgan fingerprint density at radius 1 is 1.00 bits per heavy atom. The first-order valence-electron chi connectivity index (χ1n) is 10.3. The number of furan rings is 1. The number of nitrogens with zero attached hydrogens (tertiary/aromatic N) is 2. The molecule has 2 amide bonds. The summed E-state index contributed by atoms with van der Waals surface area (Å²) in [6.07, 6.45) is 3.24. The van der Waals surface area contributed by atoms with Gasteiger partial charge in [0.1, 0.15) is 11.5 Å². The largest absolute Gasteiger partial charge is 0.467 e. The Hall–Kier alpha value is -4.13. The van der Waals surface area contributed by atoms with Crippen LogP contribution < -0.4 is 10.6 Å². The molecule has 2 N–H and O–H groups in total. The van der Waals surface area contributed by atoms with E-state index in [9.17, 15) is 9.59 Å². The second kappa shape index (κ2) is 9.34. The van der Waals surface area contributed by atoms with E-state index in [2.05, 4.69) is 16.7 Å². The molecule has 4 aromatic rings. The molecule has 0 radical (unpaired) electrons. The number of amides is 2. The van der Waals surface area contributed by atoms with Crippen molar-refractivity contribution in [2.24, 2.45) is 0 Å². The van der Waals surface area contributed by atoms with Crippen LogP contribution in [0.15, 0.2) is 77.5 Å². The normalized spacial score (nSPS) is 10.7. The highest BCUT2D eigenvalue weighted by molar-refractivity contribution is 6.01. The SMILES string of the molecule is Cc1ccc(-c2nn(-c3ccccc3)cc2C(=O)NCC(=O)NCc2ccco2)c(C)c1. The molecule has 0 spiro atoms. The van der Waals surface area contributed by atoms with Crippen molar-refractivity contribution in [2.45, 2.75) is 20.4 Å². The van der Waals surface area contributed by atoms with E-state index in [1.165, 1.54) is 0 Å². The van der Waals surface area contributed by atoms with Gasteiger partial charge in [-0.25, -0.2) is 4.68 Å². The van der Waals surface area contributed by atoms with E-state index in [1.807, 2.05) is 56.3 Å². The van der Waals surface area contributed by atoms with Crippen LogP contribution in [0.3, 0.4) is 0 Å². The van der Waals surface area contributed by atoms with E-state index in [1.54, 1.807) is 29.3 Å². The van der Waals surface area contributed by atoms with Gasteiger partial charge in [-0.1, -0.05) is 42.0 Å². The first-order valence-corrected chi connectivity index (χ1v) is 10.3. The maximum absolute atomic E-state index is 13.0. The highest BCUT2D eigenvalue weighted by Gasteiger charge is 2.20. The van der Waals surface area contributed by atoms with Crippen molar-refractivity contribution >= 4 is 11.8 Å². The number of rotatable bonds is 7. The predicted octanol–water partition coefficient (Wildman–Crippen LogP) is 3.80. The van der Waals surface area contributed by atoms with E-state index < -0.39 is 0 Å². The Bertz CT molecular complexity index is 1230. The minimum Gasteiger partial charge on any atom is -0.467 e. The Kier molecular flexibility index (Phi) is 6.17. The summed E-state index contributed by atoms with van der Waals surface area (Å²) in [7, 11) is 0. The molecule has 2 aromatic carbocycles. The third kappa shape index (κ3) is 4.78. The van der Waals surface area contributed by atoms with Crippen LogP contribution >= 0.6 is 0 Å². The fourth-order valence-corrected chi connectivity index (χ4v) is 3.45. The lowest BCUT2D eigenvalue weighted by atomic mass is 10.0. The number of aromatic nitrogens is 2. The number of carbonyl (C=O) groups excluding carboxylic acids is 2. The highest BCUT2D eigenvalue weighted by Crippen LogP contribution is 2.27. The summed E-state index contributed by atoms with van der Waals surface area (Å²) in [6.45, 7) is 4.13. The van der Waals surface area contributed by atoms with Gasteiger partial charge in [0, 0.05) is 11.8 Å². The van der Waals surface area contributed by atoms with Crippen LogP contribution in [0.4, 0.5) is 0 Å². The summed E-state index contributed by atoms with van der Waals surface area (Å²) in [6, 6.07) is 19.1. The van der Waals surface area contributed by atoms with E-state index in [0.29, 0.717) is 17.0 Å². The van der Waals surface area contributed by atoms with Gasteiger partial charge in [-0.3, -0.25) is 9.59 Å². The minimum atomic E-state index is -0.365. The predicted molar refractivity (Wildman–Crippen MR) is 121 cm³/mol. The van der Waals surface area contributed by atoms with Gasteiger partial charge in [0.2, 0.25) is 5.91 Å². The number of hydrogen-bond acceptors (Lipinski definition) is 4. The molecule has 32 heavy (non-hydrogen) atoms. The van der Waals surface area contributed by atoms with Crippen LogP contribution in [0.5, 0.6) is 0 Å². The lowest BCUT2D eigenvalue weighted by Gasteiger charge is -2.08. The topological polar surface area (TPSA) is 89.2 Å². The van der Waals surface area contributed by atoms with E-state index in [-0.39, 0.29) is 24.9 Å². The third-order valence-corrected chi connectivity index (χ3v) is 5.07. The van der Waals surface area contributed by atoms with Crippen LogP contribution in [-0.2, 0) is 11.3 Å². The van der Waals surface area contributed by atoms with Gasteiger partial charge in [0.25, 0.3) is 5.91 Å². The molecule has 0 unspecified atom stereocenters. The Morgan fingerprint density at radius 2 is 1.81 bits per heavy atom. The molecule has 0 aliphatic carbocycles. The fourth-order valence-electron chi connectivity index (χ4n) is 3.45. The van der Waals surface area contributed by atoms with E-state index >= 15 is 0 Å². The molecule has 0 saturated carbocycles. The van der Waals surface area contributed by atoms with Gasteiger partial charge in [0.05, 0.1) is 30.6 Å². The van der Waals surface area contributed by atoms with Crippen molar-refractivity contribution in [1.29, 1.82) is 0 Å². The molecule has 0 atom stereocenters. The third-order valence-electron chi connectivity index (χ3n) is 5.07. The number of aryl methyl sites for hydroxylation is 2. The average molecular weight is 428 g/mol. The average Bonchev–Trinajstić information content (AvgIpc) is 3.47.